The van der Waals surface area contributed by atoms with Crippen molar-refractivity contribution in [1.29, 1.82) is 0 Å². The largest absolute Gasteiger partial charge is 0.382 e. The molecule has 0 heterocycles. The monoisotopic (exact) mass is 224 g/mol. The molecule has 0 aromatic rings. The SMILES string of the molecule is CCC1CCCCC1C(=O)C1(O)CCCC1. The van der Waals surface area contributed by atoms with Crippen LogP contribution in [0.15, 0.2) is 0 Å². The summed E-state index contributed by atoms with van der Waals surface area (Å²) in [6.07, 6.45) is 9.17. The summed E-state index contributed by atoms with van der Waals surface area (Å²) in [5.74, 6) is 0.865. The first kappa shape index (κ1) is 12.1. The molecule has 0 aromatic heterocycles. The second kappa shape index (κ2) is 4.87. The molecule has 2 unspecified atom stereocenters. The number of ketones is 1. The number of hydrogen-bond acceptors (Lipinski definition) is 2. The zero-order valence-corrected chi connectivity index (χ0v) is 10.4. The Morgan fingerprint density at radius 1 is 1.19 bits per heavy atom. The lowest BCUT2D eigenvalue weighted by Crippen LogP contribution is -2.43. The van der Waals surface area contributed by atoms with Crippen LogP contribution in [0.1, 0.15) is 64.7 Å². The van der Waals surface area contributed by atoms with Gasteiger partial charge in [0.2, 0.25) is 0 Å². The van der Waals surface area contributed by atoms with Gasteiger partial charge in [0, 0.05) is 5.92 Å². The van der Waals surface area contributed by atoms with Crippen LogP contribution in [-0.2, 0) is 4.79 Å². The molecule has 2 fully saturated rings. The first-order valence-electron chi connectivity index (χ1n) is 6.94. The molecule has 0 bridgehead atoms. The smallest absolute Gasteiger partial charge is 0.167 e. The van der Waals surface area contributed by atoms with E-state index >= 15 is 0 Å². The topological polar surface area (TPSA) is 37.3 Å². The minimum atomic E-state index is -0.949. The average molecular weight is 224 g/mol. The second-order valence-corrected chi connectivity index (χ2v) is 5.66. The highest BCUT2D eigenvalue weighted by Crippen LogP contribution is 2.39. The second-order valence-electron chi connectivity index (χ2n) is 5.66. The van der Waals surface area contributed by atoms with Crippen LogP contribution in [-0.4, -0.2) is 16.5 Å². The molecule has 1 N–H and O–H groups in total. The fourth-order valence-corrected chi connectivity index (χ4v) is 3.59. The quantitative estimate of drug-likeness (QED) is 0.800. The summed E-state index contributed by atoms with van der Waals surface area (Å²) < 4.78 is 0. The molecule has 2 atom stereocenters. The Balaban J connectivity index is 2.07. The normalized spacial score (nSPS) is 33.9. The van der Waals surface area contributed by atoms with E-state index in [1.54, 1.807) is 0 Å². The van der Waals surface area contributed by atoms with Crippen LogP contribution < -0.4 is 0 Å². The van der Waals surface area contributed by atoms with Crippen LogP contribution in [0, 0.1) is 11.8 Å². The molecule has 2 aliphatic carbocycles. The van der Waals surface area contributed by atoms with Crippen molar-refractivity contribution >= 4 is 5.78 Å². The van der Waals surface area contributed by atoms with E-state index in [1.165, 1.54) is 19.3 Å². The lowest BCUT2D eigenvalue weighted by Gasteiger charge is -2.34. The van der Waals surface area contributed by atoms with Gasteiger partial charge in [0.15, 0.2) is 5.78 Å². The molecule has 0 spiro atoms. The molecule has 0 radical (unpaired) electrons. The Morgan fingerprint density at radius 2 is 1.81 bits per heavy atom. The molecule has 0 aromatic carbocycles. The molecule has 2 nitrogen and oxygen atoms in total. The molecule has 2 saturated carbocycles. The van der Waals surface area contributed by atoms with Crippen molar-refractivity contribution < 1.29 is 9.90 Å². The van der Waals surface area contributed by atoms with Gasteiger partial charge in [-0.3, -0.25) is 4.79 Å². The first-order chi connectivity index (χ1) is 7.67. The van der Waals surface area contributed by atoms with E-state index in [0.717, 1.165) is 25.7 Å². The number of rotatable bonds is 3. The highest BCUT2D eigenvalue weighted by atomic mass is 16.3. The van der Waals surface area contributed by atoms with Crippen molar-refractivity contribution in [3.63, 3.8) is 0 Å². The third-order valence-corrected chi connectivity index (χ3v) is 4.66. The standard InChI is InChI=1S/C14H24O2/c1-2-11-7-3-4-8-12(11)13(15)14(16)9-5-6-10-14/h11-12,16H,2-10H2,1H3. The van der Waals surface area contributed by atoms with Gasteiger partial charge in [-0.25, -0.2) is 0 Å². The maximum atomic E-state index is 12.4. The van der Waals surface area contributed by atoms with Crippen LogP contribution in [0.2, 0.25) is 0 Å². The fraction of sp³-hybridized carbons (Fsp3) is 0.929. The summed E-state index contributed by atoms with van der Waals surface area (Å²) in [5, 5.41) is 10.4. The van der Waals surface area contributed by atoms with Gasteiger partial charge < -0.3 is 5.11 Å². The molecular formula is C14H24O2. The van der Waals surface area contributed by atoms with E-state index in [0.29, 0.717) is 18.8 Å². The van der Waals surface area contributed by atoms with Crippen molar-refractivity contribution in [3.05, 3.63) is 0 Å². The van der Waals surface area contributed by atoms with Gasteiger partial charge in [0.05, 0.1) is 0 Å². The van der Waals surface area contributed by atoms with Gasteiger partial charge in [-0.15, -0.1) is 0 Å². The Kier molecular flexibility index (Phi) is 3.68. The summed E-state index contributed by atoms with van der Waals surface area (Å²) in [5.41, 5.74) is -0.949. The zero-order valence-electron chi connectivity index (χ0n) is 10.4. The summed E-state index contributed by atoms with van der Waals surface area (Å²) in [6, 6.07) is 0. The summed E-state index contributed by atoms with van der Waals surface area (Å²) in [4.78, 5) is 12.4. The highest BCUT2D eigenvalue weighted by molar-refractivity contribution is 5.89. The van der Waals surface area contributed by atoms with Crippen molar-refractivity contribution in [3.8, 4) is 0 Å². The maximum absolute atomic E-state index is 12.4. The zero-order chi connectivity index (χ0) is 11.6. The molecule has 0 amide bonds. The van der Waals surface area contributed by atoms with Gasteiger partial charge in [-0.2, -0.15) is 0 Å². The molecule has 2 rings (SSSR count). The molecule has 92 valence electrons. The third-order valence-electron chi connectivity index (χ3n) is 4.66. The summed E-state index contributed by atoms with van der Waals surface area (Å²) in [7, 11) is 0. The lowest BCUT2D eigenvalue weighted by molar-refractivity contribution is -0.144. The van der Waals surface area contributed by atoms with Gasteiger partial charge in [-0.05, 0) is 44.4 Å². The van der Waals surface area contributed by atoms with E-state index in [9.17, 15) is 9.90 Å². The van der Waals surface area contributed by atoms with E-state index in [4.69, 9.17) is 0 Å². The van der Waals surface area contributed by atoms with E-state index < -0.39 is 5.60 Å². The number of aliphatic hydroxyl groups is 1. The fourth-order valence-electron chi connectivity index (χ4n) is 3.59. The summed E-state index contributed by atoms with van der Waals surface area (Å²) >= 11 is 0. The Hall–Kier alpha value is -0.370. The van der Waals surface area contributed by atoms with Crippen molar-refractivity contribution in [1.82, 2.24) is 0 Å². The first-order valence-corrected chi connectivity index (χ1v) is 6.94. The minimum absolute atomic E-state index is 0.154. The Labute approximate surface area is 98.4 Å². The van der Waals surface area contributed by atoms with Crippen LogP contribution >= 0.6 is 0 Å². The van der Waals surface area contributed by atoms with Crippen molar-refractivity contribution in [2.24, 2.45) is 11.8 Å². The third kappa shape index (κ3) is 2.17. The molecule has 16 heavy (non-hydrogen) atoms. The van der Waals surface area contributed by atoms with E-state index in [2.05, 4.69) is 6.92 Å². The van der Waals surface area contributed by atoms with Crippen LogP contribution in [0.25, 0.3) is 0 Å². The van der Waals surface area contributed by atoms with E-state index in [1.807, 2.05) is 0 Å². The molecule has 2 aliphatic rings. The Bertz CT molecular complexity index is 253. The van der Waals surface area contributed by atoms with Crippen LogP contribution in [0.3, 0.4) is 0 Å². The number of Topliss-reactive ketones (excluding diaryl/α,β-unsaturated/α-hetero) is 1. The molecule has 2 heteroatoms. The van der Waals surface area contributed by atoms with Gasteiger partial charge in [-0.1, -0.05) is 26.2 Å². The van der Waals surface area contributed by atoms with Crippen LogP contribution in [0.4, 0.5) is 0 Å². The van der Waals surface area contributed by atoms with Crippen molar-refractivity contribution in [2.45, 2.75) is 70.3 Å². The van der Waals surface area contributed by atoms with Gasteiger partial charge in [0.25, 0.3) is 0 Å². The number of carbonyl (C=O) groups excluding carboxylic acids is 1. The average Bonchev–Trinajstić information content (AvgIpc) is 2.76. The number of carbonyl (C=O) groups is 1. The predicted octanol–water partition coefficient (Wildman–Crippen LogP) is 3.08. The van der Waals surface area contributed by atoms with Crippen LogP contribution in [0.5, 0.6) is 0 Å². The minimum Gasteiger partial charge on any atom is -0.382 e. The predicted molar refractivity (Wildman–Crippen MR) is 64.2 cm³/mol. The van der Waals surface area contributed by atoms with Crippen molar-refractivity contribution in [2.75, 3.05) is 0 Å². The molecule has 0 aliphatic heterocycles. The molecular weight excluding hydrogens is 200 g/mol. The highest BCUT2D eigenvalue weighted by Gasteiger charge is 2.44. The lowest BCUT2D eigenvalue weighted by atomic mass is 9.71. The Morgan fingerprint density at radius 3 is 2.44 bits per heavy atom. The maximum Gasteiger partial charge on any atom is 0.167 e. The van der Waals surface area contributed by atoms with E-state index in [-0.39, 0.29) is 11.7 Å². The number of hydrogen-bond donors (Lipinski definition) is 1. The van der Waals surface area contributed by atoms with Gasteiger partial charge in [0.1, 0.15) is 5.60 Å². The molecule has 0 saturated heterocycles. The summed E-state index contributed by atoms with van der Waals surface area (Å²) in [6.45, 7) is 2.18. The van der Waals surface area contributed by atoms with Gasteiger partial charge >= 0.3 is 0 Å².